The maximum atomic E-state index is 4.47. The topological polar surface area (TPSA) is 37.8 Å². The predicted octanol–water partition coefficient (Wildman–Crippen LogP) is 2.62. The van der Waals surface area contributed by atoms with Gasteiger partial charge in [-0.1, -0.05) is 0 Å². The Morgan fingerprint density at radius 2 is 2.36 bits per heavy atom. The third-order valence-corrected chi connectivity index (χ3v) is 2.89. The number of anilines is 1. The molecule has 2 rings (SSSR count). The number of hydrogen-bond donors (Lipinski definition) is 1. The lowest BCUT2D eigenvalue weighted by molar-refractivity contribution is 0.768. The van der Waals surface area contributed by atoms with E-state index in [2.05, 4.69) is 38.1 Å². The van der Waals surface area contributed by atoms with E-state index in [-0.39, 0.29) is 0 Å². The first-order chi connectivity index (χ1) is 6.79. The molecule has 4 heteroatoms. The van der Waals surface area contributed by atoms with Crippen molar-refractivity contribution in [2.24, 2.45) is 5.92 Å². The molecule has 14 heavy (non-hydrogen) atoms. The predicted molar refractivity (Wildman–Crippen MR) is 60.3 cm³/mol. The minimum atomic E-state index is 0.839. The van der Waals surface area contributed by atoms with Gasteiger partial charge in [0, 0.05) is 19.2 Å². The van der Waals surface area contributed by atoms with Crippen molar-refractivity contribution in [3.05, 3.63) is 16.5 Å². The van der Waals surface area contributed by atoms with Crippen LogP contribution in [0.3, 0.4) is 0 Å². The van der Waals surface area contributed by atoms with Crippen molar-refractivity contribution >= 4 is 21.7 Å². The maximum absolute atomic E-state index is 4.47. The highest BCUT2D eigenvalue weighted by molar-refractivity contribution is 9.10. The quantitative estimate of drug-likeness (QED) is 0.899. The van der Waals surface area contributed by atoms with Crippen LogP contribution in [0.25, 0.3) is 0 Å². The van der Waals surface area contributed by atoms with Gasteiger partial charge >= 0.3 is 0 Å². The highest BCUT2D eigenvalue weighted by Crippen LogP contribution is 2.32. The third-order valence-electron chi connectivity index (χ3n) is 2.31. The van der Waals surface area contributed by atoms with Crippen LogP contribution in [-0.2, 0) is 6.42 Å². The summed E-state index contributed by atoms with van der Waals surface area (Å²) in [5.74, 6) is 2.72. The maximum Gasteiger partial charge on any atom is 0.144 e. The summed E-state index contributed by atoms with van der Waals surface area (Å²) in [4.78, 5) is 8.78. The largest absolute Gasteiger partial charge is 0.369 e. The second-order valence-corrected chi connectivity index (χ2v) is 4.51. The van der Waals surface area contributed by atoms with Crippen LogP contribution in [0.5, 0.6) is 0 Å². The number of aromatic nitrogens is 2. The van der Waals surface area contributed by atoms with Crippen LogP contribution in [-0.4, -0.2) is 16.5 Å². The van der Waals surface area contributed by atoms with Gasteiger partial charge in [-0.2, -0.15) is 0 Å². The Kier molecular flexibility index (Phi) is 3.01. The van der Waals surface area contributed by atoms with Crippen LogP contribution in [0.2, 0.25) is 0 Å². The van der Waals surface area contributed by atoms with E-state index in [1.165, 1.54) is 12.8 Å². The van der Waals surface area contributed by atoms with Crippen molar-refractivity contribution in [2.45, 2.75) is 26.2 Å². The third kappa shape index (κ3) is 2.44. The Morgan fingerprint density at radius 3 is 3.00 bits per heavy atom. The van der Waals surface area contributed by atoms with Crippen LogP contribution < -0.4 is 5.32 Å². The number of rotatable bonds is 4. The van der Waals surface area contributed by atoms with Crippen molar-refractivity contribution in [1.29, 1.82) is 0 Å². The van der Waals surface area contributed by atoms with Gasteiger partial charge in [0.25, 0.3) is 0 Å². The summed E-state index contributed by atoms with van der Waals surface area (Å²) in [5, 5.41) is 3.21. The molecule has 1 aromatic heterocycles. The summed E-state index contributed by atoms with van der Waals surface area (Å²) in [5.41, 5.74) is 0. The van der Waals surface area contributed by atoms with Crippen molar-refractivity contribution in [3.63, 3.8) is 0 Å². The zero-order valence-corrected chi connectivity index (χ0v) is 9.84. The van der Waals surface area contributed by atoms with E-state index in [4.69, 9.17) is 0 Å². The molecule has 1 N–H and O–H groups in total. The first-order valence-electron chi connectivity index (χ1n) is 5.05. The summed E-state index contributed by atoms with van der Waals surface area (Å²) in [6, 6.07) is 0. The second kappa shape index (κ2) is 4.26. The number of halogens is 1. The van der Waals surface area contributed by atoms with E-state index in [9.17, 15) is 0 Å². The van der Waals surface area contributed by atoms with Gasteiger partial charge < -0.3 is 5.32 Å². The summed E-state index contributed by atoms with van der Waals surface area (Å²) in [6.45, 7) is 2.95. The van der Waals surface area contributed by atoms with Crippen LogP contribution in [0.15, 0.2) is 10.7 Å². The minimum Gasteiger partial charge on any atom is -0.369 e. The van der Waals surface area contributed by atoms with Crippen LogP contribution >= 0.6 is 15.9 Å². The highest BCUT2D eigenvalue weighted by atomic mass is 79.9. The second-order valence-electron chi connectivity index (χ2n) is 3.66. The number of nitrogens with one attached hydrogen (secondary N) is 1. The highest BCUT2D eigenvalue weighted by Gasteiger charge is 2.23. The van der Waals surface area contributed by atoms with Gasteiger partial charge in [-0.05, 0) is 41.6 Å². The van der Waals surface area contributed by atoms with E-state index in [0.29, 0.717) is 0 Å². The van der Waals surface area contributed by atoms with E-state index in [0.717, 1.165) is 35.0 Å². The van der Waals surface area contributed by atoms with Crippen LogP contribution in [0, 0.1) is 5.92 Å². The summed E-state index contributed by atoms with van der Waals surface area (Å²) in [7, 11) is 0. The lowest BCUT2D eigenvalue weighted by atomic mass is 10.3. The molecule has 76 valence electrons. The summed E-state index contributed by atoms with van der Waals surface area (Å²) >= 11 is 3.43. The van der Waals surface area contributed by atoms with Crippen molar-refractivity contribution in [3.8, 4) is 0 Å². The SMILES string of the molecule is CCNc1nc(CC2CC2)ncc1Br. The lowest BCUT2D eigenvalue weighted by Crippen LogP contribution is -2.04. The van der Waals surface area contributed by atoms with Gasteiger partial charge in [-0.25, -0.2) is 9.97 Å². The molecule has 1 saturated carbocycles. The molecule has 0 radical (unpaired) electrons. The first-order valence-corrected chi connectivity index (χ1v) is 5.84. The Labute approximate surface area is 92.5 Å². The zero-order chi connectivity index (χ0) is 9.97. The molecule has 1 aromatic rings. The van der Waals surface area contributed by atoms with E-state index in [1.54, 1.807) is 0 Å². The fourth-order valence-corrected chi connectivity index (χ4v) is 1.70. The van der Waals surface area contributed by atoms with Crippen LogP contribution in [0.4, 0.5) is 5.82 Å². The zero-order valence-electron chi connectivity index (χ0n) is 8.26. The minimum absolute atomic E-state index is 0.839. The molecule has 0 unspecified atom stereocenters. The monoisotopic (exact) mass is 255 g/mol. The fourth-order valence-electron chi connectivity index (χ4n) is 1.37. The number of hydrogen-bond acceptors (Lipinski definition) is 3. The summed E-state index contributed by atoms with van der Waals surface area (Å²) in [6.07, 6.45) is 5.56. The Bertz CT molecular complexity index is 323. The molecule has 0 spiro atoms. The van der Waals surface area contributed by atoms with Crippen molar-refractivity contribution in [2.75, 3.05) is 11.9 Å². The first kappa shape index (κ1) is 9.90. The van der Waals surface area contributed by atoms with Gasteiger partial charge in [-0.3, -0.25) is 0 Å². The molecular weight excluding hydrogens is 242 g/mol. The molecule has 0 atom stereocenters. The van der Waals surface area contributed by atoms with Gasteiger partial charge in [0.1, 0.15) is 11.6 Å². The molecule has 0 saturated heterocycles. The fraction of sp³-hybridized carbons (Fsp3) is 0.600. The molecule has 3 nitrogen and oxygen atoms in total. The van der Waals surface area contributed by atoms with Crippen molar-refractivity contribution < 1.29 is 0 Å². The lowest BCUT2D eigenvalue weighted by Gasteiger charge is -2.06. The molecule has 1 heterocycles. The molecule has 0 amide bonds. The van der Waals surface area contributed by atoms with Gasteiger partial charge in [0.15, 0.2) is 0 Å². The average molecular weight is 256 g/mol. The molecule has 0 bridgehead atoms. The molecule has 0 aromatic carbocycles. The molecule has 1 aliphatic rings. The Morgan fingerprint density at radius 1 is 1.57 bits per heavy atom. The van der Waals surface area contributed by atoms with Crippen LogP contribution in [0.1, 0.15) is 25.6 Å². The Hall–Kier alpha value is -0.640. The smallest absolute Gasteiger partial charge is 0.144 e. The molecular formula is C10H14BrN3. The van der Waals surface area contributed by atoms with Gasteiger partial charge in [0.05, 0.1) is 4.47 Å². The van der Waals surface area contributed by atoms with E-state index < -0.39 is 0 Å². The van der Waals surface area contributed by atoms with Crippen molar-refractivity contribution in [1.82, 2.24) is 9.97 Å². The molecule has 1 fully saturated rings. The standard InChI is InChI=1S/C10H14BrN3/c1-2-12-10-8(11)6-13-9(14-10)5-7-3-4-7/h6-7H,2-5H2,1H3,(H,12,13,14). The molecule has 0 aliphatic heterocycles. The van der Waals surface area contributed by atoms with Gasteiger partial charge in [-0.15, -0.1) is 0 Å². The molecule has 1 aliphatic carbocycles. The Balaban J connectivity index is 2.11. The summed E-state index contributed by atoms with van der Waals surface area (Å²) < 4.78 is 0.943. The van der Waals surface area contributed by atoms with Gasteiger partial charge in [0.2, 0.25) is 0 Å². The number of nitrogens with zero attached hydrogens (tertiary/aromatic N) is 2. The van der Waals surface area contributed by atoms with E-state index >= 15 is 0 Å². The normalized spacial score (nSPS) is 15.6. The van der Waals surface area contributed by atoms with E-state index in [1.807, 2.05) is 6.20 Å². The average Bonchev–Trinajstić information content (AvgIpc) is 2.95.